The molecule has 0 unspecified atom stereocenters. The predicted molar refractivity (Wildman–Crippen MR) is 109 cm³/mol. The first-order valence-corrected chi connectivity index (χ1v) is 12.1. The zero-order chi connectivity index (χ0) is 13.5. The molecule has 0 N–H and O–H groups in total. The van der Waals surface area contributed by atoms with Gasteiger partial charge in [0.15, 0.2) is 0 Å². The van der Waals surface area contributed by atoms with Crippen molar-refractivity contribution < 1.29 is 23.3 Å². The maximum atomic E-state index is 2.18. The summed E-state index contributed by atoms with van der Waals surface area (Å²) in [5.41, 5.74) is 5.15. The first-order chi connectivity index (χ1) is 9.45. The minimum Gasteiger partial charge on any atom is -0.175 e. The number of hydrogen-bond acceptors (Lipinski definition) is 0. The Labute approximate surface area is 170 Å². The molecule has 0 spiro atoms. The van der Waals surface area contributed by atoms with E-state index in [4.69, 9.17) is 0 Å². The van der Waals surface area contributed by atoms with Crippen molar-refractivity contribution in [2.45, 2.75) is 0 Å². The molecule has 0 aliphatic carbocycles. The maximum absolute atomic E-state index is 2.18. The molecule has 3 aromatic carbocycles. The molecule has 3 aromatic rings. The second-order valence-electron chi connectivity index (χ2n) is 4.09. The van der Waals surface area contributed by atoms with Crippen LogP contribution in [0.5, 0.6) is 0 Å². The summed E-state index contributed by atoms with van der Waals surface area (Å²) in [5.74, 6) is 0. The Kier molecular flexibility index (Phi) is 17.8. The first kappa shape index (κ1) is 27.3. The monoisotopic (exact) mass is 439 g/mol. The Morgan fingerprint density at radius 2 is 0.913 bits per heavy atom. The fourth-order valence-corrected chi connectivity index (χ4v) is 2.16. The van der Waals surface area contributed by atoms with E-state index in [1.807, 2.05) is 6.88 Å². The van der Waals surface area contributed by atoms with Crippen molar-refractivity contribution in [3.8, 4) is 22.3 Å². The van der Waals surface area contributed by atoms with Crippen LogP contribution in [0, 0.1) is 14.9 Å². The van der Waals surface area contributed by atoms with E-state index in [2.05, 4.69) is 78.9 Å². The zero-order valence-corrected chi connectivity index (χ0v) is 19.0. The van der Waals surface area contributed by atoms with Crippen LogP contribution in [-0.4, -0.2) is 6.88 Å². The number of rotatable bonds is 2. The van der Waals surface area contributed by atoms with Gasteiger partial charge in [-0.05, 0) is 0 Å². The molecule has 0 heterocycles. The standard InChI is InChI=1S/C17H13.2CH3.2ClH.H2Si.Zr/c1-3-8-14(9-4-1)16-12-7-13-17(16)15-10-5-2-6-11-15;;;;;;/h1-13H;2*1H3;2*1H;1H2;/q3*-1;;;;. The second kappa shape index (κ2) is 15.0. The maximum Gasteiger partial charge on any atom is -0.0623 e. The van der Waals surface area contributed by atoms with Crippen LogP contribution in [0.15, 0.2) is 78.9 Å². The number of hydrogen-bond donors (Lipinski definition) is 0. The smallest absolute Gasteiger partial charge is 0.0623 e. The van der Waals surface area contributed by atoms with Crippen LogP contribution in [0.4, 0.5) is 0 Å². The van der Waals surface area contributed by atoms with E-state index in [0.717, 1.165) is 0 Å². The van der Waals surface area contributed by atoms with Gasteiger partial charge in [0.1, 0.15) is 0 Å². The van der Waals surface area contributed by atoms with Crippen LogP contribution in [0.1, 0.15) is 0 Å². The largest absolute Gasteiger partial charge is 0.175 e. The van der Waals surface area contributed by atoms with Gasteiger partial charge in [0.2, 0.25) is 0 Å². The molecule has 4 heteroatoms. The van der Waals surface area contributed by atoms with Crippen molar-refractivity contribution in [2.75, 3.05) is 0 Å². The minimum atomic E-state index is 0. The summed E-state index contributed by atoms with van der Waals surface area (Å²) in [7, 11) is 0. The average Bonchev–Trinajstić information content (AvgIpc) is 3.01. The molecule has 0 bridgehead atoms. The van der Waals surface area contributed by atoms with Gasteiger partial charge in [0, 0.05) is 0 Å². The summed E-state index contributed by atoms with van der Waals surface area (Å²) in [5, 5.41) is 0. The molecule has 0 amide bonds. The second-order valence-corrected chi connectivity index (χ2v) is 4.09. The summed E-state index contributed by atoms with van der Waals surface area (Å²) in [6.07, 6.45) is 0. The Morgan fingerprint density at radius 1 is 0.609 bits per heavy atom. The quantitative estimate of drug-likeness (QED) is 0.361. The molecule has 0 aromatic heterocycles. The van der Waals surface area contributed by atoms with E-state index in [0.29, 0.717) is 0 Å². The van der Waals surface area contributed by atoms with E-state index >= 15 is 0 Å². The van der Waals surface area contributed by atoms with Gasteiger partial charge in [-0.1, -0.05) is 71.8 Å². The van der Waals surface area contributed by atoms with Crippen molar-refractivity contribution in [3.63, 3.8) is 0 Å². The SMILES string of the molecule is Cl.Cl.[CH3-].[CH3-].[SiH2]=[Zr].c1ccc(-c2c[cH-]cc2-c2ccccc2)cc1. The number of halogens is 2. The molecule has 3 rings (SSSR count). The van der Waals surface area contributed by atoms with Gasteiger partial charge in [-0.3, -0.25) is 0 Å². The van der Waals surface area contributed by atoms with E-state index in [1.54, 1.807) is 23.3 Å². The molecule has 0 fully saturated rings. The summed E-state index contributed by atoms with van der Waals surface area (Å²) < 4.78 is 0. The Morgan fingerprint density at radius 3 is 1.22 bits per heavy atom. The van der Waals surface area contributed by atoms with Gasteiger partial charge < -0.3 is 14.9 Å². The third kappa shape index (κ3) is 7.27. The molecule has 0 saturated heterocycles. The Hall–Kier alpha value is -0.530. The fourth-order valence-electron chi connectivity index (χ4n) is 2.16. The minimum absolute atomic E-state index is 0. The van der Waals surface area contributed by atoms with Crippen LogP contribution in [0.2, 0.25) is 0 Å². The van der Waals surface area contributed by atoms with Crippen LogP contribution >= 0.6 is 24.8 Å². The van der Waals surface area contributed by atoms with Gasteiger partial charge in [0.05, 0.1) is 0 Å². The van der Waals surface area contributed by atoms with E-state index in [1.165, 1.54) is 22.3 Å². The van der Waals surface area contributed by atoms with Crippen molar-refractivity contribution in [3.05, 3.63) is 93.7 Å². The summed E-state index contributed by atoms with van der Waals surface area (Å²) in [4.78, 5) is 0. The molecule has 0 atom stereocenters. The van der Waals surface area contributed by atoms with Gasteiger partial charge in [-0.15, -0.1) is 24.8 Å². The molecule has 0 nitrogen and oxygen atoms in total. The number of benzene rings is 2. The topological polar surface area (TPSA) is 0 Å². The van der Waals surface area contributed by atoms with Gasteiger partial charge in [-0.25, -0.2) is 0 Å². The van der Waals surface area contributed by atoms with E-state index < -0.39 is 0 Å². The van der Waals surface area contributed by atoms with Crippen molar-refractivity contribution >= 4 is 31.7 Å². The normalized spacial score (nSPS) is 7.78. The van der Waals surface area contributed by atoms with Gasteiger partial charge in [-0.2, -0.15) is 29.3 Å². The fraction of sp³-hybridized carbons (Fsp3) is 0. The molecule has 0 radical (unpaired) electrons. The average molecular weight is 442 g/mol. The third-order valence-electron chi connectivity index (χ3n) is 2.99. The zero-order valence-electron chi connectivity index (χ0n) is 13.5. The van der Waals surface area contributed by atoms with Gasteiger partial charge in [0.25, 0.3) is 0 Å². The van der Waals surface area contributed by atoms with E-state index in [9.17, 15) is 0 Å². The summed E-state index contributed by atoms with van der Waals surface area (Å²) in [6, 6.07) is 27.5. The predicted octanol–water partition coefficient (Wildman–Crippen LogP) is 5.56. The molecular weight excluding hydrogens is 418 g/mol. The van der Waals surface area contributed by atoms with Gasteiger partial charge >= 0.3 is 30.2 Å². The van der Waals surface area contributed by atoms with Crippen LogP contribution in [-0.2, 0) is 23.3 Å². The Bertz CT molecular complexity index is 570. The summed E-state index contributed by atoms with van der Waals surface area (Å²) in [6.45, 7) is 1.95. The van der Waals surface area contributed by atoms with E-state index in [-0.39, 0.29) is 39.7 Å². The first-order valence-electron chi connectivity index (χ1n) is 6.17. The molecule has 0 saturated carbocycles. The summed E-state index contributed by atoms with van der Waals surface area (Å²) >= 11 is 1.58. The third-order valence-corrected chi connectivity index (χ3v) is 2.99. The van der Waals surface area contributed by atoms with Crippen LogP contribution in [0.3, 0.4) is 0 Å². The van der Waals surface area contributed by atoms with Crippen LogP contribution in [0.25, 0.3) is 22.3 Å². The van der Waals surface area contributed by atoms with Crippen LogP contribution < -0.4 is 0 Å². The molecule has 124 valence electrons. The molecular formula is C19H23Cl2SiZr-3. The molecule has 0 aliphatic heterocycles. The van der Waals surface area contributed by atoms with Crippen molar-refractivity contribution in [1.29, 1.82) is 0 Å². The Balaban J connectivity index is -0.000000643. The van der Waals surface area contributed by atoms with Crippen molar-refractivity contribution in [1.82, 2.24) is 0 Å². The molecule has 0 aliphatic rings. The molecule has 23 heavy (non-hydrogen) atoms. The van der Waals surface area contributed by atoms with Crippen molar-refractivity contribution in [2.24, 2.45) is 0 Å².